The Bertz CT molecular complexity index is 304. The Kier molecular flexibility index (Phi) is 4.88. The van der Waals surface area contributed by atoms with E-state index in [2.05, 4.69) is 13.8 Å². The molecule has 110 valence electrons. The molecule has 0 aromatic heterocycles. The molecule has 2 aliphatic rings. The van der Waals surface area contributed by atoms with Crippen molar-refractivity contribution in [2.24, 2.45) is 11.3 Å². The van der Waals surface area contributed by atoms with Crippen LogP contribution in [-0.4, -0.2) is 35.1 Å². The van der Waals surface area contributed by atoms with Crippen LogP contribution in [0.3, 0.4) is 0 Å². The van der Waals surface area contributed by atoms with Crippen LogP contribution in [0, 0.1) is 11.3 Å². The molecule has 1 N–H and O–H groups in total. The lowest BCUT2D eigenvalue weighted by Gasteiger charge is -2.43. The van der Waals surface area contributed by atoms with Gasteiger partial charge in [0.1, 0.15) is 0 Å². The first-order chi connectivity index (χ1) is 9.09. The molecule has 0 atom stereocenters. The molecule has 2 saturated carbocycles. The summed E-state index contributed by atoms with van der Waals surface area (Å²) in [4.78, 5) is 15.1. The zero-order chi connectivity index (χ0) is 13.9. The minimum Gasteiger partial charge on any atom is -0.395 e. The van der Waals surface area contributed by atoms with Gasteiger partial charge in [-0.25, -0.2) is 0 Å². The second-order valence-corrected chi connectivity index (χ2v) is 6.89. The third-order valence-electron chi connectivity index (χ3n) is 4.93. The summed E-state index contributed by atoms with van der Waals surface area (Å²) >= 11 is 0. The predicted octanol–water partition coefficient (Wildman–Crippen LogP) is 2.97. The molecule has 0 bridgehead atoms. The van der Waals surface area contributed by atoms with Crippen molar-refractivity contribution in [3.05, 3.63) is 0 Å². The van der Waals surface area contributed by atoms with Gasteiger partial charge in [-0.2, -0.15) is 0 Å². The van der Waals surface area contributed by atoms with Gasteiger partial charge in [-0.3, -0.25) is 4.79 Å². The molecule has 19 heavy (non-hydrogen) atoms. The standard InChI is InChI=1S/C16H29NO2/c1-13(2)12-16(8-3-4-9-16)15(19)17(10-11-18)14-6-5-7-14/h13-14,18H,3-12H2,1-2H3. The van der Waals surface area contributed by atoms with Gasteiger partial charge in [-0.05, 0) is 44.4 Å². The van der Waals surface area contributed by atoms with Gasteiger partial charge in [0, 0.05) is 18.0 Å². The maximum atomic E-state index is 13.0. The maximum Gasteiger partial charge on any atom is 0.229 e. The van der Waals surface area contributed by atoms with E-state index < -0.39 is 0 Å². The molecule has 0 heterocycles. The molecule has 2 fully saturated rings. The first-order valence-electron chi connectivity index (χ1n) is 8.01. The Morgan fingerprint density at radius 3 is 2.32 bits per heavy atom. The van der Waals surface area contributed by atoms with Gasteiger partial charge in [0.15, 0.2) is 0 Å². The summed E-state index contributed by atoms with van der Waals surface area (Å²) < 4.78 is 0. The van der Waals surface area contributed by atoms with Gasteiger partial charge in [0.2, 0.25) is 5.91 Å². The van der Waals surface area contributed by atoms with Crippen LogP contribution in [0.25, 0.3) is 0 Å². The zero-order valence-electron chi connectivity index (χ0n) is 12.5. The van der Waals surface area contributed by atoms with Crippen LogP contribution in [-0.2, 0) is 4.79 Å². The summed E-state index contributed by atoms with van der Waals surface area (Å²) in [5.41, 5.74) is -0.112. The lowest BCUT2D eigenvalue weighted by Crippen LogP contribution is -2.51. The number of hydrogen-bond acceptors (Lipinski definition) is 2. The van der Waals surface area contributed by atoms with Crippen molar-refractivity contribution in [3.63, 3.8) is 0 Å². The predicted molar refractivity (Wildman–Crippen MR) is 76.8 cm³/mol. The lowest BCUT2D eigenvalue weighted by atomic mass is 9.76. The Morgan fingerprint density at radius 1 is 1.26 bits per heavy atom. The molecule has 0 aromatic carbocycles. The van der Waals surface area contributed by atoms with Crippen LogP contribution in [0.4, 0.5) is 0 Å². The highest BCUT2D eigenvalue weighted by Gasteiger charge is 2.45. The van der Waals surface area contributed by atoms with E-state index in [0.717, 1.165) is 32.1 Å². The Balaban J connectivity index is 2.11. The van der Waals surface area contributed by atoms with Gasteiger partial charge in [-0.15, -0.1) is 0 Å². The second kappa shape index (κ2) is 6.25. The quantitative estimate of drug-likeness (QED) is 0.803. The summed E-state index contributed by atoms with van der Waals surface area (Å²) in [5, 5.41) is 9.27. The van der Waals surface area contributed by atoms with E-state index in [1.165, 1.54) is 19.3 Å². The van der Waals surface area contributed by atoms with E-state index in [9.17, 15) is 9.90 Å². The number of nitrogens with zero attached hydrogens (tertiary/aromatic N) is 1. The van der Waals surface area contributed by atoms with Gasteiger partial charge in [-0.1, -0.05) is 26.7 Å². The van der Waals surface area contributed by atoms with Gasteiger partial charge in [0.25, 0.3) is 0 Å². The van der Waals surface area contributed by atoms with Crippen molar-refractivity contribution >= 4 is 5.91 Å². The highest BCUT2D eigenvalue weighted by molar-refractivity contribution is 5.83. The first-order valence-corrected chi connectivity index (χ1v) is 8.01. The molecule has 0 saturated heterocycles. The SMILES string of the molecule is CC(C)CC1(C(=O)N(CCO)C2CCC2)CCCC1. The molecule has 0 unspecified atom stereocenters. The number of rotatable bonds is 6. The molecule has 1 amide bonds. The third-order valence-corrected chi connectivity index (χ3v) is 4.93. The van der Waals surface area contributed by atoms with E-state index in [0.29, 0.717) is 24.4 Å². The number of amides is 1. The highest BCUT2D eigenvalue weighted by Crippen LogP contribution is 2.45. The second-order valence-electron chi connectivity index (χ2n) is 6.89. The molecule has 2 rings (SSSR count). The number of carbonyl (C=O) groups excluding carboxylic acids is 1. The monoisotopic (exact) mass is 267 g/mol. The van der Waals surface area contributed by atoms with Crippen LogP contribution in [0.2, 0.25) is 0 Å². The van der Waals surface area contributed by atoms with E-state index in [4.69, 9.17) is 0 Å². The highest BCUT2D eigenvalue weighted by atomic mass is 16.3. The molecule has 3 heteroatoms. The fraction of sp³-hybridized carbons (Fsp3) is 0.938. The van der Waals surface area contributed by atoms with Gasteiger partial charge >= 0.3 is 0 Å². The molecule has 0 aliphatic heterocycles. The van der Waals surface area contributed by atoms with Crippen molar-refractivity contribution in [1.82, 2.24) is 4.90 Å². The fourth-order valence-electron chi connectivity index (χ4n) is 3.90. The molecule has 0 aromatic rings. The summed E-state index contributed by atoms with van der Waals surface area (Å²) in [6.07, 6.45) is 8.99. The maximum absolute atomic E-state index is 13.0. The Morgan fingerprint density at radius 2 is 1.89 bits per heavy atom. The van der Waals surface area contributed by atoms with Crippen molar-refractivity contribution < 1.29 is 9.90 Å². The first kappa shape index (κ1) is 14.8. The average molecular weight is 267 g/mol. The molecular formula is C16H29NO2. The van der Waals surface area contributed by atoms with Crippen LogP contribution in [0.5, 0.6) is 0 Å². The van der Waals surface area contributed by atoms with Crippen molar-refractivity contribution in [2.45, 2.75) is 71.3 Å². The molecular weight excluding hydrogens is 238 g/mol. The third kappa shape index (κ3) is 3.13. The number of carbonyl (C=O) groups is 1. The zero-order valence-corrected chi connectivity index (χ0v) is 12.5. The van der Waals surface area contributed by atoms with Crippen molar-refractivity contribution in [3.8, 4) is 0 Å². The van der Waals surface area contributed by atoms with Crippen LogP contribution in [0.15, 0.2) is 0 Å². The van der Waals surface area contributed by atoms with Crippen molar-refractivity contribution in [1.29, 1.82) is 0 Å². The van der Waals surface area contributed by atoms with E-state index in [1.807, 2.05) is 4.90 Å². The van der Waals surface area contributed by atoms with Crippen LogP contribution in [0.1, 0.15) is 65.2 Å². The van der Waals surface area contributed by atoms with Crippen LogP contribution >= 0.6 is 0 Å². The molecule has 0 spiro atoms. The number of aliphatic hydroxyl groups is 1. The fourth-order valence-corrected chi connectivity index (χ4v) is 3.90. The van der Waals surface area contributed by atoms with Gasteiger partial charge < -0.3 is 10.0 Å². The summed E-state index contributed by atoms with van der Waals surface area (Å²) in [6.45, 7) is 5.06. The van der Waals surface area contributed by atoms with Crippen molar-refractivity contribution in [2.75, 3.05) is 13.2 Å². The number of aliphatic hydroxyl groups excluding tert-OH is 1. The Labute approximate surface area is 117 Å². The average Bonchev–Trinajstić information content (AvgIpc) is 2.74. The summed E-state index contributed by atoms with van der Waals surface area (Å²) in [5.74, 6) is 0.914. The summed E-state index contributed by atoms with van der Waals surface area (Å²) in [7, 11) is 0. The van der Waals surface area contributed by atoms with E-state index >= 15 is 0 Å². The van der Waals surface area contributed by atoms with E-state index in [-0.39, 0.29) is 12.0 Å². The smallest absolute Gasteiger partial charge is 0.229 e. The topological polar surface area (TPSA) is 40.5 Å². The minimum atomic E-state index is -0.112. The largest absolute Gasteiger partial charge is 0.395 e. The van der Waals surface area contributed by atoms with E-state index in [1.54, 1.807) is 0 Å². The normalized spacial score (nSPS) is 22.5. The molecule has 0 radical (unpaired) electrons. The molecule has 3 nitrogen and oxygen atoms in total. The summed E-state index contributed by atoms with van der Waals surface area (Å²) in [6, 6.07) is 0.407. The number of hydrogen-bond donors (Lipinski definition) is 1. The minimum absolute atomic E-state index is 0.0972. The van der Waals surface area contributed by atoms with Crippen LogP contribution < -0.4 is 0 Å². The van der Waals surface area contributed by atoms with Gasteiger partial charge in [0.05, 0.1) is 6.61 Å². The lowest BCUT2D eigenvalue weighted by molar-refractivity contribution is -0.148. The Hall–Kier alpha value is -0.570. The molecule has 2 aliphatic carbocycles.